The van der Waals surface area contributed by atoms with Gasteiger partial charge >= 0.3 is 6.09 Å². The minimum atomic E-state index is -0.462. The van der Waals surface area contributed by atoms with E-state index in [-0.39, 0.29) is 6.04 Å². The van der Waals surface area contributed by atoms with Crippen LogP contribution in [-0.2, 0) is 4.74 Å². The Kier molecular flexibility index (Phi) is 4.96. The van der Waals surface area contributed by atoms with Gasteiger partial charge in [-0.3, -0.25) is 0 Å². The minimum Gasteiger partial charge on any atom is -0.450 e. The molecule has 4 heteroatoms. The molecule has 1 aliphatic carbocycles. The zero-order chi connectivity index (χ0) is 11.1. The van der Waals surface area contributed by atoms with Gasteiger partial charge < -0.3 is 10.1 Å². The maximum Gasteiger partial charge on any atom is 0.408 e. The molecule has 1 atom stereocenters. The number of hydrogen-bond donors (Lipinski definition) is 1. The van der Waals surface area contributed by atoms with E-state index in [1.54, 1.807) is 0 Å². The summed E-state index contributed by atoms with van der Waals surface area (Å²) < 4.78 is 4.92. The highest BCUT2D eigenvalue weighted by molar-refractivity contribution is 5.68. The van der Waals surface area contributed by atoms with Gasteiger partial charge in [0, 0.05) is 0 Å². The molecule has 1 rings (SSSR count). The van der Waals surface area contributed by atoms with Crippen molar-refractivity contribution in [1.82, 2.24) is 5.32 Å². The molecule has 0 aromatic carbocycles. The number of hydrogen-bond acceptors (Lipinski definition) is 3. The van der Waals surface area contributed by atoms with Gasteiger partial charge in [-0.2, -0.15) is 5.26 Å². The SMILES string of the molecule is CCCCOC(=O)NC(C#N)CC1CC1. The molecular formula is C11H18N2O2. The Hall–Kier alpha value is -1.24. The second-order valence-corrected chi connectivity index (χ2v) is 3.99. The van der Waals surface area contributed by atoms with Crippen LogP contribution < -0.4 is 5.32 Å². The smallest absolute Gasteiger partial charge is 0.408 e. The number of nitrogens with one attached hydrogen (secondary N) is 1. The third-order valence-electron chi connectivity index (χ3n) is 2.44. The Balaban J connectivity index is 2.13. The number of carbonyl (C=O) groups excluding carboxylic acids is 1. The number of amides is 1. The molecule has 0 bridgehead atoms. The van der Waals surface area contributed by atoms with Crippen molar-refractivity contribution < 1.29 is 9.53 Å². The molecule has 4 nitrogen and oxygen atoms in total. The number of nitrogens with zero attached hydrogens (tertiary/aromatic N) is 1. The monoisotopic (exact) mass is 210 g/mol. The molecule has 15 heavy (non-hydrogen) atoms. The van der Waals surface area contributed by atoms with Crippen LogP contribution in [0.15, 0.2) is 0 Å². The molecule has 1 amide bonds. The van der Waals surface area contributed by atoms with Gasteiger partial charge in [0.1, 0.15) is 6.04 Å². The van der Waals surface area contributed by atoms with Crippen LogP contribution in [0.4, 0.5) is 4.79 Å². The summed E-state index contributed by atoms with van der Waals surface area (Å²) in [5.74, 6) is 0.630. The van der Waals surface area contributed by atoms with Gasteiger partial charge in [0.25, 0.3) is 0 Å². The molecule has 0 spiro atoms. The summed E-state index contributed by atoms with van der Waals surface area (Å²) in [5.41, 5.74) is 0. The van der Waals surface area contributed by atoms with Gasteiger partial charge in [-0.1, -0.05) is 26.2 Å². The third-order valence-corrected chi connectivity index (χ3v) is 2.44. The zero-order valence-corrected chi connectivity index (χ0v) is 9.16. The van der Waals surface area contributed by atoms with Crippen molar-refractivity contribution in [2.45, 2.75) is 45.1 Å². The van der Waals surface area contributed by atoms with Crippen molar-refractivity contribution in [3.63, 3.8) is 0 Å². The van der Waals surface area contributed by atoms with E-state index >= 15 is 0 Å². The maximum atomic E-state index is 11.2. The Morgan fingerprint density at radius 2 is 2.40 bits per heavy atom. The van der Waals surface area contributed by atoms with Crippen LogP contribution >= 0.6 is 0 Å². The van der Waals surface area contributed by atoms with Crippen LogP contribution in [0.3, 0.4) is 0 Å². The van der Waals surface area contributed by atoms with E-state index in [2.05, 4.69) is 11.4 Å². The molecule has 84 valence electrons. The number of ether oxygens (including phenoxy) is 1. The van der Waals surface area contributed by atoms with Gasteiger partial charge in [0.05, 0.1) is 12.7 Å². The lowest BCUT2D eigenvalue weighted by Crippen LogP contribution is -2.34. The van der Waals surface area contributed by atoms with Crippen LogP contribution in [0.25, 0.3) is 0 Å². The maximum absolute atomic E-state index is 11.2. The van der Waals surface area contributed by atoms with Crippen LogP contribution in [0.2, 0.25) is 0 Å². The number of nitriles is 1. The van der Waals surface area contributed by atoms with E-state index in [1.807, 2.05) is 6.92 Å². The first-order valence-electron chi connectivity index (χ1n) is 5.59. The first kappa shape index (κ1) is 11.8. The van der Waals surface area contributed by atoms with E-state index in [0.29, 0.717) is 12.5 Å². The summed E-state index contributed by atoms with van der Waals surface area (Å²) in [6.45, 7) is 2.47. The fourth-order valence-electron chi connectivity index (χ4n) is 1.32. The third kappa shape index (κ3) is 5.26. The molecule has 1 N–H and O–H groups in total. The molecule has 0 aromatic rings. The zero-order valence-electron chi connectivity index (χ0n) is 9.16. The fourth-order valence-corrected chi connectivity index (χ4v) is 1.32. The van der Waals surface area contributed by atoms with Crippen molar-refractivity contribution in [1.29, 1.82) is 5.26 Å². The minimum absolute atomic E-state index is 0.383. The van der Waals surface area contributed by atoms with Crippen LogP contribution in [0.1, 0.15) is 39.0 Å². The van der Waals surface area contributed by atoms with Crippen LogP contribution in [0, 0.1) is 17.2 Å². The molecular weight excluding hydrogens is 192 g/mol. The van der Waals surface area contributed by atoms with Crippen molar-refractivity contribution in [2.24, 2.45) is 5.92 Å². The second-order valence-electron chi connectivity index (χ2n) is 3.99. The second kappa shape index (κ2) is 6.28. The highest BCUT2D eigenvalue weighted by atomic mass is 16.5. The quantitative estimate of drug-likeness (QED) is 0.683. The Bertz CT molecular complexity index is 243. The fraction of sp³-hybridized carbons (Fsp3) is 0.818. The Labute approximate surface area is 90.6 Å². The summed E-state index contributed by atoms with van der Waals surface area (Å²) in [6.07, 6.45) is 4.54. The van der Waals surface area contributed by atoms with Crippen molar-refractivity contribution >= 4 is 6.09 Å². The molecule has 0 aliphatic heterocycles. The largest absolute Gasteiger partial charge is 0.450 e. The van der Waals surface area contributed by atoms with Crippen molar-refractivity contribution in [2.75, 3.05) is 6.61 Å². The van der Waals surface area contributed by atoms with E-state index in [1.165, 1.54) is 12.8 Å². The topological polar surface area (TPSA) is 62.1 Å². The Morgan fingerprint density at radius 1 is 1.67 bits per heavy atom. The number of rotatable bonds is 6. The summed E-state index contributed by atoms with van der Waals surface area (Å²) in [5, 5.41) is 11.4. The number of alkyl carbamates (subject to hydrolysis) is 1. The predicted octanol–water partition coefficient (Wildman–Crippen LogP) is 2.20. The molecule has 1 fully saturated rings. The molecule has 0 aromatic heterocycles. The average Bonchev–Trinajstić information content (AvgIpc) is 3.01. The normalized spacial score (nSPS) is 16.5. The predicted molar refractivity (Wildman–Crippen MR) is 56.1 cm³/mol. The van der Waals surface area contributed by atoms with Gasteiger partial charge in [0.2, 0.25) is 0 Å². The van der Waals surface area contributed by atoms with Gasteiger partial charge in [-0.15, -0.1) is 0 Å². The molecule has 0 radical (unpaired) electrons. The van der Waals surface area contributed by atoms with Crippen LogP contribution in [0.5, 0.6) is 0 Å². The van der Waals surface area contributed by atoms with Crippen molar-refractivity contribution in [3.05, 3.63) is 0 Å². The molecule has 1 unspecified atom stereocenters. The number of unbranched alkanes of at least 4 members (excludes halogenated alkanes) is 1. The lowest BCUT2D eigenvalue weighted by molar-refractivity contribution is 0.142. The number of carbonyl (C=O) groups is 1. The molecule has 0 heterocycles. The summed E-state index contributed by atoms with van der Waals surface area (Å²) in [7, 11) is 0. The first-order valence-corrected chi connectivity index (χ1v) is 5.59. The van der Waals surface area contributed by atoms with Crippen LogP contribution in [-0.4, -0.2) is 18.7 Å². The van der Waals surface area contributed by atoms with Gasteiger partial charge in [-0.05, 0) is 18.8 Å². The summed E-state index contributed by atoms with van der Waals surface area (Å²) in [4.78, 5) is 11.2. The summed E-state index contributed by atoms with van der Waals surface area (Å²) >= 11 is 0. The average molecular weight is 210 g/mol. The molecule has 1 aliphatic rings. The standard InChI is InChI=1S/C11H18N2O2/c1-2-3-6-15-11(14)13-10(8-12)7-9-4-5-9/h9-10H,2-7H2,1H3,(H,13,14). The van der Waals surface area contributed by atoms with Gasteiger partial charge in [-0.25, -0.2) is 4.79 Å². The lowest BCUT2D eigenvalue weighted by atomic mass is 10.1. The first-order chi connectivity index (χ1) is 7.26. The van der Waals surface area contributed by atoms with E-state index in [0.717, 1.165) is 19.3 Å². The highest BCUT2D eigenvalue weighted by Crippen LogP contribution is 2.33. The molecule has 0 saturated heterocycles. The summed E-state index contributed by atoms with van der Waals surface area (Å²) in [6, 6.07) is 1.70. The van der Waals surface area contributed by atoms with E-state index in [9.17, 15) is 4.79 Å². The van der Waals surface area contributed by atoms with E-state index in [4.69, 9.17) is 10.00 Å². The highest BCUT2D eigenvalue weighted by Gasteiger charge is 2.26. The Morgan fingerprint density at radius 3 is 2.93 bits per heavy atom. The lowest BCUT2D eigenvalue weighted by Gasteiger charge is -2.10. The van der Waals surface area contributed by atoms with Gasteiger partial charge in [0.15, 0.2) is 0 Å². The van der Waals surface area contributed by atoms with Crippen molar-refractivity contribution in [3.8, 4) is 6.07 Å². The van der Waals surface area contributed by atoms with E-state index < -0.39 is 6.09 Å². The molecule has 1 saturated carbocycles.